The minimum absolute atomic E-state index is 0.0438. The van der Waals surface area contributed by atoms with Crippen molar-refractivity contribution in [2.75, 3.05) is 33.8 Å². The number of nitrogens with zero attached hydrogens (tertiary/aromatic N) is 1. The van der Waals surface area contributed by atoms with Gasteiger partial charge in [-0.25, -0.2) is 9.59 Å². The van der Waals surface area contributed by atoms with Crippen molar-refractivity contribution in [3.63, 3.8) is 0 Å². The van der Waals surface area contributed by atoms with Crippen LogP contribution in [0, 0.1) is 10.1 Å². The summed E-state index contributed by atoms with van der Waals surface area (Å²) in [5, 5.41) is 13.8. The van der Waals surface area contributed by atoms with E-state index >= 15 is 0 Å². The number of hydrogen-bond acceptors (Lipinski definition) is 9. The Morgan fingerprint density at radius 3 is 2.00 bits per heavy atom. The normalized spacial score (nSPS) is 10.0. The van der Waals surface area contributed by atoms with Gasteiger partial charge in [0.1, 0.15) is 5.56 Å². The molecule has 0 saturated carbocycles. The Morgan fingerprint density at radius 2 is 1.47 bits per heavy atom. The smallest absolute Gasteiger partial charge is 0.339 e. The van der Waals surface area contributed by atoms with Gasteiger partial charge in [-0.3, -0.25) is 14.9 Å². The first-order chi connectivity index (χ1) is 14.3. The molecule has 0 spiro atoms. The Morgan fingerprint density at radius 1 is 0.867 bits per heavy atom. The minimum Gasteiger partial charge on any atom is -0.493 e. The number of hydrogen-bond donors (Lipinski definition) is 1. The van der Waals surface area contributed by atoms with Gasteiger partial charge in [-0.15, -0.1) is 0 Å². The minimum atomic E-state index is -0.921. The van der Waals surface area contributed by atoms with Crippen molar-refractivity contribution in [3.8, 4) is 11.5 Å². The molecule has 30 heavy (non-hydrogen) atoms. The summed E-state index contributed by atoms with van der Waals surface area (Å²) in [5.41, 5.74) is -1.02. The number of carbonyl (C=O) groups excluding carboxylic acids is 3. The predicted molar refractivity (Wildman–Crippen MR) is 103 cm³/mol. The van der Waals surface area contributed by atoms with Crippen molar-refractivity contribution in [2.45, 2.75) is 0 Å². The van der Waals surface area contributed by atoms with Crippen molar-refractivity contribution in [1.82, 2.24) is 0 Å². The molecule has 0 fully saturated rings. The number of nitro groups is 1. The molecule has 2 aromatic carbocycles. The van der Waals surface area contributed by atoms with Crippen LogP contribution >= 0.6 is 0 Å². The van der Waals surface area contributed by atoms with Gasteiger partial charge < -0.3 is 24.3 Å². The number of methoxy groups -OCH3 is 4. The molecule has 11 heteroatoms. The molecule has 0 radical (unpaired) electrons. The lowest BCUT2D eigenvalue weighted by molar-refractivity contribution is -0.385. The van der Waals surface area contributed by atoms with Crippen molar-refractivity contribution >= 4 is 29.2 Å². The van der Waals surface area contributed by atoms with E-state index in [0.717, 1.165) is 19.2 Å². The highest BCUT2D eigenvalue weighted by atomic mass is 16.6. The second-order valence-corrected chi connectivity index (χ2v) is 5.68. The number of benzene rings is 2. The average Bonchev–Trinajstić information content (AvgIpc) is 2.76. The zero-order valence-electron chi connectivity index (χ0n) is 16.5. The first-order valence-corrected chi connectivity index (χ1v) is 8.29. The number of ether oxygens (including phenoxy) is 4. The Labute approximate surface area is 170 Å². The molecule has 0 bridgehead atoms. The molecule has 0 heterocycles. The molecule has 1 N–H and O–H groups in total. The van der Waals surface area contributed by atoms with Crippen LogP contribution in [0.15, 0.2) is 30.3 Å². The van der Waals surface area contributed by atoms with Crippen LogP contribution in [0.5, 0.6) is 11.5 Å². The first-order valence-electron chi connectivity index (χ1n) is 8.29. The fourth-order valence-corrected chi connectivity index (χ4v) is 2.57. The number of amides is 1. The van der Waals surface area contributed by atoms with Gasteiger partial charge in [0.15, 0.2) is 11.5 Å². The third-order valence-electron chi connectivity index (χ3n) is 4.04. The number of rotatable bonds is 7. The van der Waals surface area contributed by atoms with Gasteiger partial charge in [-0.2, -0.15) is 0 Å². The Kier molecular flexibility index (Phi) is 6.91. The molecule has 1 amide bonds. The van der Waals surface area contributed by atoms with Gasteiger partial charge in [-0.05, 0) is 18.2 Å². The SMILES string of the molecule is COC(=O)c1ccc(C(=O)OC)c(NC(=O)c2cc(OC)c(OC)cc2[N+](=O)[O-])c1. The molecular formula is C19H18N2O9. The zero-order chi connectivity index (χ0) is 22.4. The van der Waals surface area contributed by atoms with Crippen LogP contribution in [0.25, 0.3) is 0 Å². The van der Waals surface area contributed by atoms with Crippen molar-refractivity contribution in [3.05, 3.63) is 57.1 Å². The van der Waals surface area contributed by atoms with Crippen molar-refractivity contribution in [2.24, 2.45) is 0 Å². The zero-order valence-corrected chi connectivity index (χ0v) is 16.5. The third-order valence-corrected chi connectivity index (χ3v) is 4.04. The van der Waals surface area contributed by atoms with E-state index in [2.05, 4.69) is 14.8 Å². The first kappa shape index (κ1) is 22.1. The van der Waals surface area contributed by atoms with E-state index < -0.39 is 28.5 Å². The summed E-state index contributed by atoms with van der Waals surface area (Å²) in [6.07, 6.45) is 0. The van der Waals surface area contributed by atoms with E-state index in [9.17, 15) is 24.5 Å². The van der Waals surface area contributed by atoms with E-state index in [0.29, 0.717) is 0 Å². The molecule has 0 aromatic heterocycles. The highest BCUT2D eigenvalue weighted by molar-refractivity contribution is 6.11. The maximum atomic E-state index is 12.8. The second-order valence-electron chi connectivity index (χ2n) is 5.68. The topological polar surface area (TPSA) is 143 Å². The van der Waals surface area contributed by atoms with Gasteiger partial charge in [0.05, 0.1) is 56.2 Å². The summed E-state index contributed by atoms with van der Waals surface area (Å²) >= 11 is 0. The molecule has 158 valence electrons. The van der Waals surface area contributed by atoms with Gasteiger partial charge in [0.25, 0.3) is 11.6 Å². The number of nitrogens with one attached hydrogen (secondary N) is 1. The van der Waals surface area contributed by atoms with Crippen LogP contribution in [0.1, 0.15) is 31.1 Å². The lowest BCUT2D eigenvalue weighted by atomic mass is 10.1. The molecule has 0 atom stereocenters. The van der Waals surface area contributed by atoms with E-state index in [4.69, 9.17) is 9.47 Å². The van der Waals surface area contributed by atoms with Gasteiger partial charge in [0, 0.05) is 6.07 Å². The van der Waals surface area contributed by atoms with Crippen LogP contribution in [-0.2, 0) is 9.47 Å². The predicted octanol–water partition coefficient (Wildman–Crippen LogP) is 2.44. The monoisotopic (exact) mass is 418 g/mol. The highest BCUT2D eigenvalue weighted by Gasteiger charge is 2.26. The van der Waals surface area contributed by atoms with Crippen LogP contribution in [-0.4, -0.2) is 51.2 Å². The summed E-state index contributed by atoms with van der Waals surface area (Å²) < 4.78 is 19.4. The lowest BCUT2D eigenvalue weighted by Gasteiger charge is -2.13. The molecule has 0 aliphatic heterocycles. The van der Waals surface area contributed by atoms with Crippen LogP contribution in [0.3, 0.4) is 0 Å². The fourth-order valence-electron chi connectivity index (χ4n) is 2.57. The Balaban J connectivity index is 2.57. The van der Waals surface area contributed by atoms with Gasteiger partial charge in [0.2, 0.25) is 0 Å². The van der Waals surface area contributed by atoms with Crippen LogP contribution < -0.4 is 14.8 Å². The molecule has 0 aliphatic carbocycles. The van der Waals surface area contributed by atoms with Crippen molar-refractivity contribution in [1.29, 1.82) is 0 Å². The number of carbonyl (C=O) groups is 3. The van der Waals surface area contributed by atoms with Crippen LogP contribution in [0.2, 0.25) is 0 Å². The van der Waals surface area contributed by atoms with E-state index in [-0.39, 0.29) is 33.9 Å². The summed E-state index contributed by atoms with van der Waals surface area (Å²) in [5.74, 6) is -2.27. The van der Waals surface area contributed by atoms with E-state index in [1.807, 2.05) is 0 Å². The number of esters is 2. The molecule has 11 nitrogen and oxygen atoms in total. The van der Waals surface area contributed by atoms with Crippen molar-refractivity contribution < 1.29 is 38.3 Å². The summed E-state index contributed by atoms with van der Waals surface area (Å²) in [7, 11) is 4.91. The number of anilines is 1. The standard InChI is InChI=1S/C19H18N2O9/c1-27-15-8-12(14(21(25)26)9-16(15)28-2)17(22)20-13-7-10(18(23)29-3)5-6-11(13)19(24)30-4/h5-9H,1-4H3,(H,20,22). The Hall–Kier alpha value is -4.15. The average molecular weight is 418 g/mol. The lowest BCUT2D eigenvalue weighted by Crippen LogP contribution is -2.18. The summed E-state index contributed by atoms with van der Waals surface area (Å²) in [6.45, 7) is 0. The molecule has 2 aromatic rings. The van der Waals surface area contributed by atoms with E-state index in [1.165, 1.54) is 39.5 Å². The van der Waals surface area contributed by atoms with Gasteiger partial charge >= 0.3 is 11.9 Å². The highest BCUT2D eigenvalue weighted by Crippen LogP contribution is 2.35. The molecule has 0 saturated heterocycles. The molecular weight excluding hydrogens is 400 g/mol. The second kappa shape index (κ2) is 9.37. The van der Waals surface area contributed by atoms with E-state index in [1.54, 1.807) is 0 Å². The fraction of sp³-hybridized carbons (Fsp3) is 0.211. The summed E-state index contributed by atoms with van der Waals surface area (Å²) in [6, 6.07) is 5.94. The maximum Gasteiger partial charge on any atom is 0.339 e. The Bertz CT molecular complexity index is 1020. The largest absolute Gasteiger partial charge is 0.493 e. The summed E-state index contributed by atoms with van der Waals surface area (Å²) in [4.78, 5) is 47.4. The molecule has 2 rings (SSSR count). The van der Waals surface area contributed by atoms with Crippen LogP contribution in [0.4, 0.5) is 11.4 Å². The third kappa shape index (κ3) is 4.46. The maximum absolute atomic E-state index is 12.8. The molecule has 0 aliphatic rings. The number of nitro benzene ring substituents is 1. The molecule has 0 unspecified atom stereocenters. The van der Waals surface area contributed by atoms with Gasteiger partial charge in [-0.1, -0.05) is 0 Å². The quantitative estimate of drug-likeness (QED) is 0.407.